The SMILES string of the molecule is CCCC1CCC(NC(=O)c2cccc(O)c2C)CC1. The van der Waals surface area contributed by atoms with Crippen LogP contribution >= 0.6 is 0 Å². The van der Waals surface area contributed by atoms with E-state index in [1.54, 1.807) is 25.1 Å². The Morgan fingerprint density at radius 2 is 2.00 bits per heavy atom. The van der Waals surface area contributed by atoms with Crippen molar-refractivity contribution in [2.45, 2.75) is 58.4 Å². The van der Waals surface area contributed by atoms with E-state index in [-0.39, 0.29) is 17.7 Å². The molecule has 1 aliphatic carbocycles. The summed E-state index contributed by atoms with van der Waals surface area (Å²) in [6.07, 6.45) is 7.16. The summed E-state index contributed by atoms with van der Waals surface area (Å²) in [6, 6.07) is 5.39. The van der Waals surface area contributed by atoms with E-state index in [1.165, 1.54) is 25.7 Å². The Morgan fingerprint density at radius 1 is 1.30 bits per heavy atom. The van der Waals surface area contributed by atoms with Crippen molar-refractivity contribution < 1.29 is 9.90 Å². The summed E-state index contributed by atoms with van der Waals surface area (Å²) in [5.74, 6) is 0.970. The van der Waals surface area contributed by atoms with E-state index in [4.69, 9.17) is 0 Å². The van der Waals surface area contributed by atoms with Crippen LogP contribution in [0.4, 0.5) is 0 Å². The van der Waals surface area contributed by atoms with Crippen molar-refractivity contribution in [1.29, 1.82) is 0 Å². The van der Waals surface area contributed by atoms with Crippen molar-refractivity contribution in [3.05, 3.63) is 29.3 Å². The van der Waals surface area contributed by atoms with Crippen LogP contribution in [0.15, 0.2) is 18.2 Å². The summed E-state index contributed by atoms with van der Waals surface area (Å²) in [5.41, 5.74) is 1.24. The van der Waals surface area contributed by atoms with Crippen molar-refractivity contribution in [2.75, 3.05) is 0 Å². The fraction of sp³-hybridized carbons (Fsp3) is 0.588. The smallest absolute Gasteiger partial charge is 0.251 e. The lowest BCUT2D eigenvalue weighted by Gasteiger charge is -2.29. The largest absolute Gasteiger partial charge is 0.508 e. The first-order valence-corrected chi connectivity index (χ1v) is 7.71. The van der Waals surface area contributed by atoms with Crippen LogP contribution < -0.4 is 5.32 Å². The number of benzene rings is 1. The minimum absolute atomic E-state index is 0.0580. The number of hydrogen-bond donors (Lipinski definition) is 2. The van der Waals surface area contributed by atoms with Crippen LogP contribution in [-0.2, 0) is 0 Å². The number of aromatic hydroxyl groups is 1. The maximum absolute atomic E-state index is 12.3. The van der Waals surface area contributed by atoms with Gasteiger partial charge < -0.3 is 10.4 Å². The van der Waals surface area contributed by atoms with E-state index in [1.807, 2.05) is 0 Å². The summed E-state index contributed by atoms with van der Waals surface area (Å²) < 4.78 is 0. The average Bonchev–Trinajstić information content (AvgIpc) is 2.44. The second-order valence-corrected chi connectivity index (χ2v) is 5.93. The molecule has 1 aliphatic rings. The second kappa shape index (κ2) is 6.78. The van der Waals surface area contributed by atoms with Gasteiger partial charge in [0.15, 0.2) is 0 Å². The number of hydrogen-bond acceptors (Lipinski definition) is 2. The Kier molecular flexibility index (Phi) is 5.05. The lowest BCUT2D eigenvalue weighted by atomic mass is 9.83. The van der Waals surface area contributed by atoms with Gasteiger partial charge in [-0.25, -0.2) is 0 Å². The van der Waals surface area contributed by atoms with E-state index < -0.39 is 0 Å². The number of carbonyl (C=O) groups excluding carboxylic acids is 1. The van der Waals surface area contributed by atoms with Crippen LogP contribution in [-0.4, -0.2) is 17.1 Å². The first kappa shape index (κ1) is 14.9. The van der Waals surface area contributed by atoms with E-state index in [0.717, 1.165) is 18.8 Å². The zero-order chi connectivity index (χ0) is 14.5. The molecular formula is C17H25NO2. The summed E-state index contributed by atoms with van der Waals surface area (Å²) in [5, 5.41) is 12.8. The predicted molar refractivity (Wildman–Crippen MR) is 81.0 cm³/mol. The molecule has 0 spiro atoms. The van der Waals surface area contributed by atoms with E-state index in [2.05, 4.69) is 12.2 Å². The molecule has 0 radical (unpaired) electrons. The van der Waals surface area contributed by atoms with Crippen LogP contribution in [0.5, 0.6) is 5.75 Å². The monoisotopic (exact) mass is 275 g/mol. The van der Waals surface area contributed by atoms with Crippen molar-refractivity contribution in [3.63, 3.8) is 0 Å². The highest BCUT2D eigenvalue weighted by Gasteiger charge is 2.22. The van der Waals surface area contributed by atoms with Gasteiger partial charge in [-0.1, -0.05) is 25.8 Å². The van der Waals surface area contributed by atoms with Gasteiger partial charge in [0.25, 0.3) is 5.91 Å². The molecule has 0 unspecified atom stereocenters. The molecule has 0 bridgehead atoms. The third-order valence-electron chi connectivity index (χ3n) is 4.43. The van der Waals surface area contributed by atoms with Gasteiger partial charge >= 0.3 is 0 Å². The van der Waals surface area contributed by atoms with Gasteiger partial charge in [0.1, 0.15) is 5.75 Å². The van der Waals surface area contributed by atoms with Gasteiger partial charge in [-0.2, -0.15) is 0 Å². The lowest BCUT2D eigenvalue weighted by molar-refractivity contribution is 0.0920. The molecule has 1 fully saturated rings. The molecule has 0 aliphatic heterocycles. The third-order valence-corrected chi connectivity index (χ3v) is 4.43. The molecule has 0 saturated heterocycles. The quantitative estimate of drug-likeness (QED) is 0.878. The summed E-state index contributed by atoms with van der Waals surface area (Å²) in [4.78, 5) is 12.3. The van der Waals surface area contributed by atoms with E-state index in [9.17, 15) is 9.90 Å². The van der Waals surface area contributed by atoms with Crippen molar-refractivity contribution in [2.24, 2.45) is 5.92 Å². The highest BCUT2D eigenvalue weighted by atomic mass is 16.3. The normalized spacial score (nSPS) is 22.5. The maximum atomic E-state index is 12.3. The molecular weight excluding hydrogens is 250 g/mol. The van der Waals surface area contributed by atoms with Crippen LogP contribution in [0.3, 0.4) is 0 Å². The number of phenols is 1. The van der Waals surface area contributed by atoms with Crippen LogP contribution in [0.25, 0.3) is 0 Å². The molecule has 2 rings (SSSR count). The van der Waals surface area contributed by atoms with Crippen LogP contribution in [0.1, 0.15) is 61.4 Å². The van der Waals surface area contributed by atoms with Crippen molar-refractivity contribution >= 4 is 5.91 Å². The molecule has 3 heteroatoms. The standard InChI is InChI=1S/C17H25NO2/c1-3-5-13-8-10-14(11-9-13)18-17(20)15-6-4-7-16(19)12(15)2/h4,6-7,13-14,19H,3,5,8-11H2,1-2H3,(H,18,20). The van der Waals surface area contributed by atoms with E-state index >= 15 is 0 Å². The summed E-state index contributed by atoms with van der Waals surface area (Å²) in [7, 11) is 0. The number of phenolic OH excluding ortho intramolecular Hbond substituents is 1. The Hall–Kier alpha value is -1.51. The zero-order valence-electron chi connectivity index (χ0n) is 12.5. The molecule has 1 aromatic rings. The molecule has 2 N–H and O–H groups in total. The van der Waals surface area contributed by atoms with Gasteiger partial charge in [0.05, 0.1) is 0 Å². The van der Waals surface area contributed by atoms with Gasteiger partial charge in [0.2, 0.25) is 0 Å². The molecule has 1 saturated carbocycles. The van der Waals surface area contributed by atoms with Gasteiger partial charge in [-0.15, -0.1) is 0 Å². The highest BCUT2D eigenvalue weighted by molar-refractivity contribution is 5.96. The van der Waals surface area contributed by atoms with E-state index in [0.29, 0.717) is 11.1 Å². The molecule has 110 valence electrons. The molecule has 1 amide bonds. The minimum atomic E-state index is -0.0580. The summed E-state index contributed by atoms with van der Waals surface area (Å²) in [6.45, 7) is 4.01. The van der Waals surface area contributed by atoms with Gasteiger partial charge in [-0.3, -0.25) is 4.79 Å². The fourth-order valence-electron chi connectivity index (χ4n) is 3.14. The van der Waals surface area contributed by atoms with Gasteiger partial charge in [-0.05, 0) is 50.7 Å². The Morgan fingerprint density at radius 3 is 2.65 bits per heavy atom. The second-order valence-electron chi connectivity index (χ2n) is 5.93. The first-order valence-electron chi connectivity index (χ1n) is 7.71. The third kappa shape index (κ3) is 3.53. The average molecular weight is 275 g/mol. The maximum Gasteiger partial charge on any atom is 0.251 e. The number of carbonyl (C=O) groups is 1. The number of nitrogens with one attached hydrogen (secondary N) is 1. The number of amides is 1. The number of rotatable bonds is 4. The fourth-order valence-corrected chi connectivity index (χ4v) is 3.14. The zero-order valence-corrected chi connectivity index (χ0v) is 12.5. The molecule has 0 aromatic heterocycles. The lowest BCUT2D eigenvalue weighted by Crippen LogP contribution is -2.37. The molecule has 20 heavy (non-hydrogen) atoms. The topological polar surface area (TPSA) is 49.3 Å². The van der Waals surface area contributed by atoms with Crippen molar-refractivity contribution in [1.82, 2.24) is 5.32 Å². The Labute approximate surface area is 121 Å². The molecule has 3 nitrogen and oxygen atoms in total. The van der Waals surface area contributed by atoms with Crippen molar-refractivity contribution in [3.8, 4) is 5.75 Å². The predicted octanol–water partition coefficient (Wildman–Crippen LogP) is 3.79. The minimum Gasteiger partial charge on any atom is -0.508 e. The molecule has 0 atom stereocenters. The van der Waals surface area contributed by atoms with Crippen LogP contribution in [0.2, 0.25) is 0 Å². The first-order chi connectivity index (χ1) is 9.61. The molecule has 1 aromatic carbocycles. The Balaban J connectivity index is 1.91. The molecule has 0 heterocycles. The summed E-state index contributed by atoms with van der Waals surface area (Å²) >= 11 is 0. The Bertz CT molecular complexity index is 462. The van der Waals surface area contributed by atoms with Gasteiger partial charge in [0, 0.05) is 17.2 Å². The van der Waals surface area contributed by atoms with Crippen LogP contribution in [0, 0.1) is 12.8 Å². The highest BCUT2D eigenvalue weighted by Crippen LogP contribution is 2.28.